The maximum Gasteiger partial charge on any atom is 0.269 e. The van der Waals surface area contributed by atoms with Gasteiger partial charge in [-0.05, 0) is 12.5 Å². The van der Waals surface area contributed by atoms with E-state index in [0.717, 1.165) is 5.69 Å². The Labute approximate surface area is 80.5 Å². The minimum Gasteiger partial charge on any atom is -0.388 e. The van der Waals surface area contributed by atoms with Crippen molar-refractivity contribution in [3.8, 4) is 0 Å². The van der Waals surface area contributed by atoms with Gasteiger partial charge in [-0.15, -0.1) is 0 Å². The molecule has 14 heavy (non-hydrogen) atoms. The van der Waals surface area contributed by atoms with Crippen LogP contribution in [0.3, 0.4) is 0 Å². The van der Waals surface area contributed by atoms with Crippen molar-refractivity contribution in [2.24, 2.45) is 0 Å². The Bertz CT molecular complexity index is 378. The molecule has 0 fully saturated rings. The summed E-state index contributed by atoms with van der Waals surface area (Å²) in [5, 5.41) is 23.2. The normalized spacial score (nSPS) is 19.6. The molecular formula is C9H10N2O3. The molecule has 1 heterocycles. The Kier molecular flexibility index (Phi) is 2.09. The fourth-order valence-electron chi connectivity index (χ4n) is 1.60. The van der Waals surface area contributed by atoms with Crippen molar-refractivity contribution >= 4 is 11.4 Å². The first-order valence-corrected chi connectivity index (χ1v) is 4.39. The van der Waals surface area contributed by atoms with Crippen molar-refractivity contribution in [2.45, 2.75) is 12.5 Å². The van der Waals surface area contributed by atoms with Gasteiger partial charge in [-0.2, -0.15) is 0 Å². The second-order valence-corrected chi connectivity index (χ2v) is 3.26. The molecule has 1 aliphatic heterocycles. The van der Waals surface area contributed by atoms with Gasteiger partial charge in [-0.1, -0.05) is 0 Å². The Morgan fingerprint density at radius 1 is 1.57 bits per heavy atom. The van der Waals surface area contributed by atoms with Gasteiger partial charge >= 0.3 is 0 Å². The van der Waals surface area contributed by atoms with Crippen LogP contribution in [0.15, 0.2) is 18.2 Å². The van der Waals surface area contributed by atoms with Crippen LogP contribution < -0.4 is 5.32 Å². The summed E-state index contributed by atoms with van der Waals surface area (Å²) in [6, 6.07) is 4.49. The van der Waals surface area contributed by atoms with E-state index < -0.39 is 11.0 Å². The Morgan fingerprint density at radius 3 is 3.07 bits per heavy atom. The molecule has 0 aromatic heterocycles. The van der Waals surface area contributed by atoms with Crippen molar-refractivity contribution in [1.29, 1.82) is 0 Å². The highest BCUT2D eigenvalue weighted by atomic mass is 16.6. The number of aliphatic hydroxyl groups excluding tert-OH is 1. The predicted octanol–water partition coefficient (Wildman–Crippen LogP) is 1.44. The van der Waals surface area contributed by atoms with Crippen LogP contribution in [0, 0.1) is 10.1 Å². The summed E-state index contributed by atoms with van der Waals surface area (Å²) < 4.78 is 0. The standard InChI is InChI=1S/C9H10N2O3/c12-9-3-4-10-8-2-1-6(11(13)14)5-7(8)9/h1-2,5,9-10,12H,3-4H2. The average molecular weight is 194 g/mol. The van der Waals surface area contributed by atoms with E-state index in [1.54, 1.807) is 6.07 Å². The Balaban J connectivity index is 2.45. The summed E-state index contributed by atoms with van der Waals surface area (Å²) in [7, 11) is 0. The van der Waals surface area contributed by atoms with Gasteiger partial charge in [-0.3, -0.25) is 10.1 Å². The summed E-state index contributed by atoms with van der Waals surface area (Å²) in [6.07, 6.45) is -0.0000916. The van der Waals surface area contributed by atoms with Crippen molar-refractivity contribution in [1.82, 2.24) is 0 Å². The number of nitro groups is 1. The lowest BCUT2D eigenvalue weighted by Crippen LogP contribution is -2.16. The lowest BCUT2D eigenvalue weighted by atomic mass is 10.00. The van der Waals surface area contributed by atoms with Crippen LogP contribution in [-0.2, 0) is 0 Å². The fraction of sp³-hybridized carbons (Fsp3) is 0.333. The number of nitro benzene ring substituents is 1. The lowest BCUT2D eigenvalue weighted by molar-refractivity contribution is -0.385. The van der Waals surface area contributed by atoms with Crippen LogP contribution in [0.5, 0.6) is 0 Å². The predicted molar refractivity (Wildman–Crippen MR) is 51.2 cm³/mol. The van der Waals surface area contributed by atoms with Gasteiger partial charge < -0.3 is 10.4 Å². The molecular weight excluding hydrogens is 184 g/mol. The van der Waals surface area contributed by atoms with Gasteiger partial charge in [-0.25, -0.2) is 0 Å². The molecule has 0 amide bonds. The van der Waals surface area contributed by atoms with Crippen molar-refractivity contribution in [3.63, 3.8) is 0 Å². The largest absolute Gasteiger partial charge is 0.388 e. The molecule has 2 rings (SSSR count). The summed E-state index contributed by atoms with van der Waals surface area (Å²) in [4.78, 5) is 10.0. The quantitative estimate of drug-likeness (QED) is 0.524. The maximum atomic E-state index is 10.5. The van der Waals surface area contributed by atoms with E-state index >= 15 is 0 Å². The van der Waals surface area contributed by atoms with Crippen LogP contribution in [-0.4, -0.2) is 16.6 Å². The zero-order valence-corrected chi connectivity index (χ0v) is 7.43. The van der Waals surface area contributed by atoms with Crippen LogP contribution in [0.1, 0.15) is 18.1 Å². The van der Waals surface area contributed by atoms with Gasteiger partial charge in [0.1, 0.15) is 0 Å². The smallest absolute Gasteiger partial charge is 0.269 e. The van der Waals surface area contributed by atoms with E-state index in [4.69, 9.17) is 0 Å². The minimum atomic E-state index is -0.592. The minimum absolute atomic E-state index is 0.0199. The molecule has 0 bridgehead atoms. The van der Waals surface area contributed by atoms with Crippen LogP contribution in [0.4, 0.5) is 11.4 Å². The number of nitrogens with zero attached hydrogens (tertiary/aromatic N) is 1. The molecule has 1 aliphatic rings. The third-order valence-corrected chi connectivity index (χ3v) is 2.34. The van der Waals surface area contributed by atoms with E-state index in [1.807, 2.05) is 0 Å². The molecule has 5 heteroatoms. The first-order chi connectivity index (χ1) is 6.68. The molecule has 0 saturated carbocycles. The van der Waals surface area contributed by atoms with Crippen LogP contribution >= 0.6 is 0 Å². The zero-order valence-electron chi connectivity index (χ0n) is 7.43. The maximum absolute atomic E-state index is 10.5. The molecule has 0 radical (unpaired) electrons. The zero-order chi connectivity index (χ0) is 10.1. The van der Waals surface area contributed by atoms with Gasteiger partial charge in [0.15, 0.2) is 0 Å². The highest BCUT2D eigenvalue weighted by Gasteiger charge is 2.20. The molecule has 0 spiro atoms. The van der Waals surface area contributed by atoms with Gasteiger partial charge in [0.2, 0.25) is 0 Å². The Morgan fingerprint density at radius 2 is 2.36 bits per heavy atom. The number of fused-ring (bicyclic) bond motifs is 1. The second-order valence-electron chi connectivity index (χ2n) is 3.26. The van der Waals surface area contributed by atoms with E-state index in [2.05, 4.69) is 5.32 Å². The second kappa shape index (κ2) is 3.26. The molecule has 74 valence electrons. The summed E-state index contributed by atoms with van der Waals surface area (Å²) >= 11 is 0. The van der Waals surface area contributed by atoms with Crippen LogP contribution in [0.25, 0.3) is 0 Å². The number of non-ortho nitro benzene ring substituents is 1. The average Bonchev–Trinajstić information content (AvgIpc) is 2.18. The molecule has 1 atom stereocenters. The van der Waals surface area contributed by atoms with Crippen molar-refractivity contribution in [3.05, 3.63) is 33.9 Å². The number of benzene rings is 1. The number of nitrogens with one attached hydrogen (secondary N) is 1. The topological polar surface area (TPSA) is 75.4 Å². The third kappa shape index (κ3) is 1.42. The highest BCUT2D eigenvalue weighted by molar-refractivity contribution is 5.58. The van der Waals surface area contributed by atoms with E-state index in [-0.39, 0.29) is 5.69 Å². The molecule has 1 aromatic carbocycles. The number of hydrogen-bond donors (Lipinski definition) is 2. The summed E-state index contributed by atoms with van der Waals surface area (Å²) in [5.41, 5.74) is 1.42. The lowest BCUT2D eigenvalue weighted by Gasteiger charge is -2.22. The van der Waals surface area contributed by atoms with Crippen LogP contribution in [0.2, 0.25) is 0 Å². The van der Waals surface area contributed by atoms with E-state index in [9.17, 15) is 15.2 Å². The van der Waals surface area contributed by atoms with Crippen molar-refractivity contribution < 1.29 is 10.0 Å². The summed E-state index contributed by atoms with van der Waals surface area (Å²) in [6.45, 7) is 0.700. The molecule has 0 aliphatic carbocycles. The van der Waals surface area contributed by atoms with E-state index in [0.29, 0.717) is 18.5 Å². The Hall–Kier alpha value is -1.62. The number of anilines is 1. The van der Waals surface area contributed by atoms with Gasteiger partial charge in [0, 0.05) is 29.9 Å². The van der Waals surface area contributed by atoms with Crippen molar-refractivity contribution in [2.75, 3.05) is 11.9 Å². The van der Waals surface area contributed by atoms with Gasteiger partial charge in [0.25, 0.3) is 5.69 Å². The number of rotatable bonds is 1. The van der Waals surface area contributed by atoms with Gasteiger partial charge in [0.05, 0.1) is 11.0 Å². The first-order valence-electron chi connectivity index (χ1n) is 4.39. The monoisotopic (exact) mass is 194 g/mol. The number of aliphatic hydroxyl groups is 1. The highest BCUT2D eigenvalue weighted by Crippen LogP contribution is 2.32. The molecule has 0 saturated heterocycles. The molecule has 1 unspecified atom stereocenters. The molecule has 2 N–H and O–H groups in total. The summed E-state index contributed by atoms with van der Waals surface area (Å²) in [5.74, 6) is 0. The first kappa shape index (κ1) is 8.96. The third-order valence-electron chi connectivity index (χ3n) is 2.34. The molecule has 5 nitrogen and oxygen atoms in total. The number of hydrogen-bond acceptors (Lipinski definition) is 4. The fourth-order valence-corrected chi connectivity index (χ4v) is 1.60. The van der Waals surface area contributed by atoms with E-state index in [1.165, 1.54) is 12.1 Å². The molecule has 1 aromatic rings. The SMILES string of the molecule is O=[N+]([O-])c1ccc2c(c1)C(O)CCN2.